The molecular weight excluding hydrogens is 268 g/mol. The van der Waals surface area contributed by atoms with Gasteiger partial charge >= 0.3 is 5.97 Å². The molecule has 1 aliphatic carbocycles. The zero-order valence-electron chi connectivity index (χ0n) is 10.3. The van der Waals surface area contributed by atoms with Crippen LogP contribution in [0.1, 0.15) is 23.0 Å². The average Bonchev–Trinajstić information content (AvgIpc) is 2.92. The molecule has 1 aromatic rings. The first kappa shape index (κ1) is 13.5. The average molecular weight is 282 g/mol. The van der Waals surface area contributed by atoms with E-state index in [-0.39, 0.29) is 18.5 Å². The van der Waals surface area contributed by atoms with E-state index in [2.05, 4.69) is 10.9 Å². The highest BCUT2D eigenvalue weighted by molar-refractivity contribution is 7.12. The molecule has 0 radical (unpaired) electrons. The van der Waals surface area contributed by atoms with Crippen LogP contribution in [-0.4, -0.2) is 24.4 Å². The Balaban J connectivity index is 1.64. The Labute approximate surface area is 114 Å². The first-order chi connectivity index (χ1) is 9.08. The number of thiophene rings is 1. The third-order valence-corrected chi connectivity index (χ3v) is 3.69. The van der Waals surface area contributed by atoms with Crippen molar-refractivity contribution in [3.63, 3.8) is 0 Å². The zero-order chi connectivity index (χ0) is 13.8. The third-order valence-electron chi connectivity index (χ3n) is 2.82. The first-order valence-electron chi connectivity index (χ1n) is 5.87. The molecule has 2 N–H and O–H groups in total. The minimum atomic E-state index is -0.563. The maximum atomic E-state index is 11.5. The Kier molecular flexibility index (Phi) is 4.16. The van der Waals surface area contributed by atoms with Crippen LogP contribution in [-0.2, 0) is 14.3 Å². The van der Waals surface area contributed by atoms with Crippen molar-refractivity contribution in [3.8, 4) is 0 Å². The third kappa shape index (κ3) is 3.78. The summed E-state index contributed by atoms with van der Waals surface area (Å²) in [6.07, 6.45) is 0.815. The molecule has 2 rings (SSSR count). The predicted octanol–water partition coefficient (Wildman–Crippen LogP) is 0.708. The van der Waals surface area contributed by atoms with Crippen molar-refractivity contribution in [3.05, 3.63) is 22.4 Å². The topological polar surface area (TPSA) is 84.5 Å². The van der Waals surface area contributed by atoms with Gasteiger partial charge in [0, 0.05) is 0 Å². The molecule has 1 saturated carbocycles. The molecule has 0 bridgehead atoms. The molecule has 0 spiro atoms. The van der Waals surface area contributed by atoms with Crippen LogP contribution < -0.4 is 10.9 Å². The summed E-state index contributed by atoms with van der Waals surface area (Å²) in [7, 11) is 0. The van der Waals surface area contributed by atoms with Gasteiger partial charge in [0.05, 0.1) is 10.8 Å². The van der Waals surface area contributed by atoms with Crippen LogP contribution in [0.25, 0.3) is 0 Å². The van der Waals surface area contributed by atoms with Gasteiger partial charge in [0.1, 0.15) is 0 Å². The van der Waals surface area contributed by atoms with Crippen molar-refractivity contribution in [1.82, 2.24) is 10.9 Å². The summed E-state index contributed by atoms with van der Waals surface area (Å²) in [5.74, 6) is -1.05. The fourth-order valence-electron chi connectivity index (χ4n) is 1.53. The molecule has 1 heterocycles. The number of amides is 2. The summed E-state index contributed by atoms with van der Waals surface area (Å²) < 4.78 is 4.82. The lowest BCUT2D eigenvalue weighted by Crippen LogP contribution is -2.43. The van der Waals surface area contributed by atoms with E-state index in [1.165, 1.54) is 11.3 Å². The van der Waals surface area contributed by atoms with Crippen molar-refractivity contribution in [2.75, 3.05) is 6.61 Å². The smallest absolute Gasteiger partial charge is 0.309 e. The molecule has 2 amide bonds. The lowest BCUT2D eigenvalue weighted by Gasteiger charge is -2.07. The van der Waals surface area contributed by atoms with Crippen LogP contribution in [0.4, 0.5) is 0 Å². The highest BCUT2D eigenvalue weighted by Gasteiger charge is 2.40. The van der Waals surface area contributed by atoms with Gasteiger partial charge in [0.25, 0.3) is 11.8 Å². The molecule has 19 heavy (non-hydrogen) atoms. The largest absolute Gasteiger partial charge is 0.455 e. The first-order valence-corrected chi connectivity index (χ1v) is 6.75. The minimum Gasteiger partial charge on any atom is -0.455 e. The van der Waals surface area contributed by atoms with Gasteiger partial charge in [-0.2, -0.15) is 0 Å². The number of rotatable bonds is 4. The van der Waals surface area contributed by atoms with E-state index in [1.807, 2.05) is 6.92 Å². The monoisotopic (exact) mass is 282 g/mol. The molecule has 2 unspecified atom stereocenters. The summed E-state index contributed by atoms with van der Waals surface area (Å²) in [6, 6.07) is 3.38. The van der Waals surface area contributed by atoms with E-state index >= 15 is 0 Å². The molecule has 1 aromatic heterocycles. The molecule has 0 aliphatic heterocycles. The maximum absolute atomic E-state index is 11.5. The van der Waals surface area contributed by atoms with Gasteiger partial charge < -0.3 is 4.74 Å². The van der Waals surface area contributed by atoms with Gasteiger partial charge in [-0.1, -0.05) is 13.0 Å². The maximum Gasteiger partial charge on any atom is 0.309 e. The quantitative estimate of drug-likeness (QED) is 0.629. The molecule has 7 heteroatoms. The molecular formula is C12H14N2O4S. The predicted molar refractivity (Wildman–Crippen MR) is 68.2 cm³/mol. The van der Waals surface area contributed by atoms with Gasteiger partial charge in [-0.05, 0) is 23.8 Å². The summed E-state index contributed by atoms with van der Waals surface area (Å²) >= 11 is 1.26. The Morgan fingerprint density at radius 3 is 2.74 bits per heavy atom. The van der Waals surface area contributed by atoms with Crippen molar-refractivity contribution < 1.29 is 19.1 Å². The SMILES string of the molecule is CC1CC1C(=O)OCC(=O)NNC(=O)c1cccs1. The lowest BCUT2D eigenvalue weighted by molar-refractivity contribution is -0.150. The standard InChI is InChI=1S/C12H14N2O4S/c1-7-5-8(7)12(17)18-6-10(15)13-14-11(16)9-3-2-4-19-9/h2-4,7-8H,5-6H2,1H3,(H,13,15)(H,14,16). The van der Waals surface area contributed by atoms with Crippen LogP contribution in [0.2, 0.25) is 0 Å². The van der Waals surface area contributed by atoms with Crippen molar-refractivity contribution in [2.45, 2.75) is 13.3 Å². The molecule has 102 valence electrons. The Hall–Kier alpha value is -1.89. The summed E-state index contributed by atoms with van der Waals surface area (Å²) in [4.78, 5) is 34.7. The Morgan fingerprint density at radius 1 is 1.42 bits per heavy atom. The fraction of sp³-hybridized carbons (Fsp3) is 0.417. The number of esters is 1. The van der Waals surface area contributed by atoms with E-state index in [9.17, 15) is 14.4 Å². The fourth-order valence-corrected chi connectivity index (χ4v) is 2.15. The minimum absolute atomic E-state index is 0.0755. The van der Waals surface area contributed by atoms with Crippen molar-refractivity contribution in [1.29, 1.82) is 0 Å². The molecule has 0 aromatic carbocycles. The number of hydrogen-bond acceptors (Lipinski definition) is 5. The van der Waals surface area contributed by atoms with E-state index in [0.717, 1.165) is 6.42 Å². The second-order valence-electron chi connectivity index (χ2n) is 4.41. The van der Waals surface area contributed by atoms with Crippen LogP contribution in [0.15, 0.2) is 17.5 Å². The number of hydrazine groups is 1. The molecule has 0 saturated heterocycles. The second-order valence-corrected chi connectivity index (χ2v) is 5.35. The van der Waals surface area contributed by atoms with E-state index in [1.54, 1.807) is 17.5 Å². The Morgan fingerprint density at radius 2 is 2.16 bits per heavy atom. The summed E-state index contributed by atoms with van der Waals surface area (Å²) in [5.41, 5.74) is 4.43. The van der Waals surface area contributed by atoms with Crippen molar-refractivity contribution >= 4 is 29.1 Å². The molecule has 1 fully saturated rings. The normalized spacial score (nSPS) is 20.5. The van der Waals surface area contributed by atoms with E-state index in [4.69, 9.17) is 4.74 Å². The second kappa shape index (κ2) is 5.83. The Bertz CT molecular complexity index is 486. The highest BCUT2D eigenvalue weighted by Crippen LogP contribution is 2.38. The number of carbonyl (C=O) groups excluding carboxylic acids is 3. The van der Waals surface area contributed by atoms with Gasteiger partial charge in [-0.3, -0.25) is 25.2 Å². The van der Waals surface area contributed by atoms with Gasteiger partial charge in [-0.15, -0.1) is 11.3 Å². The van der Waals surface area contributed by atoms with E-state index in [0.29, 0.717) is 10.8 Å². The van der Waals surface area contributed by atoms with Gasteiger partial charge in [-0.25, -0.2) is 0 Å². The van der Waals surface area contributed by atoms with Crippen LogP contribution in [0, 0.1) is 11.8 Å². The number of hydrogen-bond donors (Lipinski definition) is 2. The van der Waals surface area contributed by atoms with Crippen LogP contribution in [0.3, 0.4) is 0 Å². The van der Waals surface area contributed by atoms with E-state index < -0.39 is 11.8 Å². The number of nitrogens with one attached hydrogen (secondary N) is 2. The summed E-state index contributed by atoms with van der Waals surface area (Å²) in [6.45, 7) is 1.57. The molecule has 1 aliphatic rings. The number of ether oxygens (including phenoxy) is 1. The van der Waals surface area contributed by atoms with Crippen LogP contribution in [0.5, 0.6) is 0 Å². The number of carbonyl (C=O) groups is 3. The van der Waals surface area contributed by atoms with Crippen molar-refractivity contribution in [2.24, 2.45) is 11.8 Å². The summed E-state index contributed by atoms with van der Waals surface area (Å²) in [5, 5.41) is 1.76. The lowest BCUT2D eigenvalue weighted by atomic mass is 10.3. The van der Waals surface area contributed by atoms with Crippen LogP contribution >= 0.6 is 11.3 Å². The zero-order valence-corrected chi connectivity index (χ0v) is 11.2. The molecule has 6 nitrogen and oxygen atoms in total. The molecule has 2 atom stereocenters. The van der Waals surface area contributed by atoms with Gasteiger partial charge in [0.2, 0.25) is 0 Å². The highest BCUT2D eigenvalue weighted by atomic mass is 32.1. The van der Waals surface area contributed by atoms with Gasteiger partial charge in [0.15, 0.2) is 6.61 Å².